The van der Waals surface area contributed by atoms with Gasteiger partial charge in [0.2, 0.25) is 0 Å². The molecule has 0 aliphatic carbocycles. The standard InChI is InChI=1S/C12H21N3O3S/c1-8(2)12-13-4-11(14-12)19(17,18)15-5-9(3)10(6-15)7-16/h4,8-10,16H,5-7H2,1-3H3,(H,13,14)/t9-,10+/m1/s1. The molecule has 2 heterocycles. The highest BCUT2D eigenvalue weighted by Crippen LogP contribution is 2.27. The average Bonchev–Trinajstić information content (AvgIpc) is 2.95. The lowest BCUT2D eigenvalue weighted by atomic mass is 10.00. The second-order valence-corrected chi connectivity index (χ2v) is 7.44. The van der Waals surface area contributed by atoms with Crippen molar-refractivity contribution in [1.29, 1.82) is 0 Å². The van der Waals surface area contributed by atoms with Crippen molar-refractivity contribution in [2.24, 2.45) is 11.8 Å². The molecule has 0 spiro atoms. The van der Waals surface area contributed by atoms with Gasteiger partial charge in [-0.3, -0.25) is 0 Å². The van der Waals surface area contributed by atoms with Crippen LogP contribution in [0.1, 0.15) is 32.5 Å². The number of aliphatic hydroxyl groups is 1. The molecule has 7 heteroatoms. The monoisotopic (exact) mass is 287 g/mol. The zero-order chi connectivity index (χ0) is 14.2. The summed E-state index contributed by atoms with van der Waals surface area (Å²) in [6.07, 6.45) is 1.38. The number of H-pyrrole nitrogens is 1. The molecule has 1 aliphatic heterocycles. The van der Waals surface area contributed by atoms with Crippen molar-refractivity contribution in [2.75, 3.05) is 19.7 Å². The molecule has 1 aromatic heterocycles. The largest absolute Gasteiger partial charge is 0.396 e. The lowest BCUT2D eigenvalue weighted by Gasteiger charge is -2.14. The Kier molecular flexibility index (Phi) is 3.98. The van der Waals surface area contributed by atoms with E-state index in [0.29, 0.717) is 18.9 Å². The van der Waals surface area contributed by atoms with E-state index >= 15 is 0 Å². The molecule has 108 valence electrons. The van der Waals surface area contributed by atoms with Crippen molar-refractivity contribution in [3.05, 3.63) is 12.0 Å². The summed E-state index contributed by atoms with van der Waals surface area (Å²) in [6.45, 7) is 6.71. The molecule has 0 saturated carbocycles. The third-order valence-electron chi connectivity index (χ3n) is 3.71. The predicted molar refractivity (Wildman–Crippen MR) is 71.2 cm³/mol. The fourth-order valence-corrected chi connectivity index (χ4v) is 3.82. The third-order valence-corrected chi connectivity index (χ3v) is 5.45. The van der Waals surface area contributed by atoms with Gasteiger partial charge in [0.1, 0.15) is 5.82 Å². The van der Waals surface area contributed by atoms with Crippen LogP contribution in [0.4, 0.5) is 0 Å². The summed E-state index contributed by atoms with van der Waals surface area (Å²) < 4.78 is 26.3. The minimum absolute atomic E-state index is 0.0160. The van der Waals surface area contributed by atoms with E-state index in [4.69, 9.17) is 0 Å². The van der Waals surface area contributed by atoms with Gasteiger partial charge in [-0.05, 0) is 11.8 Å². The summed E-state index contributed by atoms with van der Waals surface area (Å²) in [4.78, 5) is 6.98. The van der Waals surface area contributed by atoms with Crippen LogP contribution in [0.5, 0.6) is 0 Å². The fourth-order valence-electron chi connectivity index (χ4n) is 2.30. The van der Waals surface area contributed by atoms with Gasteiger partial charge >= 0.3 is 0 Å². The zero-order valence-corrected chi connectivity index (χ0v) is 12.3. The van der Waals surface area contributed by atoms with Gasteiger partial charge in [-0.15, -0.1) is 0 Å². The molecule has 19 heavy (non-hydrogen) atoms. The highest BCUT2D eigenvalue weighted by atomic mass is 32.2. The van der Waals surface area contributed by atoms with Gasteiger partial charge in [-0.2, -0.15) is 4.31 Å². The number of nitrogens with one attached hydrogen (secondary N) is 1. The lowest BCUT2D eigenvalue weighted by molar-refractivity contribution is 0.210. The van der Waals surface area contributed by atoms with E-state index in [9.17, 15) is 13.5 Å². The van der Waals surface area contributed by atoms with Crippen molar-refractivity contribution in [2.45, 2.75) is 31.7 Å². The van der Waals surface area contributed by atoms with Gasteiger partial charge in [-0.1, -0.05) is 20.8 Å². The number of hydrogen-bond acceptors (Lipinski definition) is 4. The first-order chi connectivity index (χ1) is 8.86. The first-order valence-corrected chi connectivity index (χ1v) is 7.96. The Morgan fingerprint density at radius 2 is 2.21 bits per heavy atom. The number of rotatable bonds is 4. The van der Waals surface area contributed by atoms with Gasteiger partial charge in [0.25, 0.3) is 10.0 Å². The Balaban J connectivity index is 2.23. The summed E-state index contributed by atoms with van der Waals surface area (Å²) in [5.41, 5.74) is 0. The number of aromatic amines is 1. The number of imidazole rings is 1. The first-order valence-electron chi connectivity index (χ1n) is 6.52. The van der Waals surface area contributed by atoms with Gasteiger partial charge < -0.3 is 10.1 Å². The van der Waals surface area contributed by atoms with Crippen LogP contribution in [0.15, 0.2) is 11.2 Å². The summed E-state index contributed by atoms with van der Waals surface area (Å²) in [5.74, 6) is 1.02. The molecule has 1 aliphatic rings. The zero-order valence-electron chi connectivity index (χ0n) is 11.5. The second kappa shape index (κ2) is 5.22. The van der Waals surface area contributed by atoms with Gasteiger partial charge in [0, 0.05) is 25.6 Å². The van der Waals surface area contributed by atoms with E-state index < -0.39 is 10.0 Å². The van der Waals surface area contributed by atoms with Crippen molar-refractivity contribution < 1.29 is 13.5 Å². The molecular formula is C12H21N3O3S. The van der Waals surface area contributed by atoms with Crippen LogP contribution in [-0.4, -0.2) is 47.5 Å². The molecular weight excluding hydrogens is 266 g/mol. The number of sulfonamides is 1. The van der Waals surface area contributed by atoms with E-state index in [-0.39, 0.29) is 29.4 Å². The Morgan fingerprint density at radius 3 is 2.68 bits per heavy atom. The molecule has 1 fully saturated rings. The van der Waals surface area contributed by atoms with Crippen molar-refractivity contribution in [3.63, 3.8) is 0 Å². The molecule has 2 rings (SSSR count). The molecule has 0 radical (unpaired) electrons. The first kappa shape index (κ1) is 14.5. The Bertz CT molecular complexity index is 538. The van der Waals surface area contributed by atoms with Gasteiger partial charge in [-0.25, -0.2) is 13.4 Å². The topological polar surface area (TPSA) is 86.3 Å². The quantitative estimate of drug-likeness (QED) is 0.857. The Morgan fingerprint density at radius 1 is 1.53 bits per heavy atom. The molecule has 2 atom stereocenters. The van der Waals surface area contributed by atoms with E-state index in [1.54, 1.807) is 0 Å². The maximum atomic E-state index is 12.5. The summed E-state index contributed by atoms with van der Waals surface area (Å²) in [5, 5.41) is 9.37. The number of nitrogens with zero attached hydrogens (tertiary/aromatic N) is 2. The summed E-state index contributed by atoms with van der Waals surface area (Å²) in [7, 11) is -3.52. The number of hydrogen-bond donors (Lipinski definition) is 2. The van der Waals surface area contributed by atoms with Crippen molar-refractivity contribution in [3.8, 4) is 0 Å². The molecule has 2 N–H and O–H groups in total. The number of aliphatic hydroxyl groups excluding tert-OH is 1. The maximum Gasteiger partial charge on any atom is 0.260 e. The molecule has 1 aromatic rings. The lowest BCUT2D eigenvalue weighted by Crippen LogP contribution is -2.29. The smallest absolute Gasteiger partial charge is 0.260 e. The minimum Gasteiger partial charge on any atom is -0.396 e. The van der Waals surface area contributed by atoms with Crippen LogP contribution in [0.3, 0.4) is 0 Å². The second-order valence-electron chi connectivity index (χ2n) is 5.53. The molecule has 0 unspecified atom stereocenters. The van der Waals surface area contributed by atoms with Crippen LogP contribution >= 0.6 is 0 Å². The van der Waals surface area contributed by atoms with Crippen LogP contribution < -0.4 is 0 Å². The predicted octanol–water partition coefficient (Wildman–Crippen LogP) is 0.782. The molecule has 0 aromatic carbocycles. The minimum atomic E-state index is -3.52. The Hall–Kier alpha value is -0.920. The van der Waals surface area contributed by atoms with E-state index in [2.05, 4.69) is 9.97 Å². The average molecular weight is 287 g/mol. The van der Waals surface area contributed by atoms with E-state index in [1.807, 2.05) is 20.8 Å². The fraction of sp³-hybridized carbons (Fsp3) is 0.750. The maximum absolute atomic E-state index is 12.5. The van der Waals surface area contributed by atoms with Crippen LogP contribution in [0, 0.1) is 11.8 Å². The normalized spacial score (nSPS) is 25.3. The van der Waals surface area contributed by atoms with E-state index in [0.717, 1.165) is 0 Å². The number of aromatic nitrogens is 2. The highest BCUT2D eigenvalue weighted by Gasteiger charge is 2.37. The molecule has 1 saturated heterocycles. The third kappa shape index (κ3) is 2.68. The molecule has 0 bridgehead atoms. The SMILES string of the molecule is CC(C)c1ncc(S(=O)(=O)N2C[C@@H](CO)[C@H](C)C2)[nH]1. The van der Waals surface area contributed by atoms with Crippen LogP contribution in [0.25, 0.3) is 0 Å². The molecule has 0 amide bonds. The van der Waals surface area contributed by atoms with Crippen molar-refractivity contribution in [1.82, 2.24) is 14.3 Å². The Labute approximate surface area is 113 Å². The summed E-state index contributed by atoms with van der Waals surface area (Å²) >= 11 is 0. The van der Waals surface area contributed by atoms with Crippen molar-refractivity contribution >= 4 is 10.0 Å². The van der Waals surface area contributed by atoms with Gasteiger partial charge in [0.05, 0.1) is 6.20 Å². The van der Waals surface area contributed by atoms with Crippen LogP contribution in [-0.2, 0) is 10.0 Å². The highest BCUT2D eigenvalue weighted by molar-refractivity contribution is 7.89. The van der Waals surface area contributed by atoms with Gasteiger partial charge in [0.15, 0.2) is 5.03 Å². The van der Waals surface area contributed by atoms with Crippen LogP contribution in [0.2, 0.25) is 0 Å². The molecule has 6 nitrogen and oxygen atoms in total. The summed E-state index contributed by atoms with van der Waals surface area (Å²) in [6, 6.07) is 0. The van der Waals surface area contributed by atoms with E-state index in [1.165, 1.54) is 10.5 Å².